The zero-order valence-electron chi connectivity index (χ0n) is 9.94. The van der Waals surface area contributed by atoms with Crippen LogP contribution in [0.15, 0.2) is 36.5 Å². The molecule has 0 aliphatic heterocycles. The first kappa shape index (κ1) is 10.6. The van der Waals surface area contributed by atoms with E-state index in [-0.39, 0.29) is 0 Å². The summed E-state index contributed by atoms with van der Waals surface area (Å²) >= 11 is 0. The highest BCUT2D eigenvalue weighted by Gasteiger charge is 2.06. The van der Waals surface area contributed by atoms with Gasteiger partial charge < -0.3 is 11.1 Å². The molecule has 4 N–H and O–H groups in total. The molecule has 0 aliphatic rings. The summed E-state index contributed by atoms with van der Waals surface area (Å²) in [7, 11) is 0. The van der Waals surface area contributed by atoms with Crippen molar-refractivity contribution in [2.24, 2.45) is 0 Å². The van der Waals surface area contributed by atoms with Crippen LogP contribution >= 0.6 is 0 Å². The molecule has 0 atom stereocenters. The summed E-state index contributed by atoms with van der Waals surface area (Å²) in [5.41, 5.74) is 9.35. The number of hydrogen-bond donors (Lipinski definition) is 3. The van der Waals surface area contributed by atoms with E-state index in [4.69, 9.17) is 5.73 Å². The fourth-order valence-electron chi connectivity index (χ4n) is 1.89. The Balaban J connectivity index is 2.11. The maximum Gasteiger partial charge on any atom is 0.143 e. The molecule has 0 bridgehead atoms. The van der Waals surface area contributed by atoms with Crippen LogP contribution in [-0.4, -0.2) is 15.2 Å². The number of para-hydroxylation sites is 1. The summed E-state index contributed by atoms with van der Waals surface area (Å²) < 4.78 is 0. The summed E-state index contributed by atoms with van der Waals surface area (Å²) in [6.45, 7) is 1.97. The van der Waals surface area contributed by atoms with Gasteiger partial charge in [0.1, 0.15) is 11.5 Å². The quantitative estimate of drug-likeness (QED) is 0.642. The number of aromatic amines is 1. The molecule has 5 nitrogen and oxygen atoms in total. The number of rotatable bonds is 2. The highest BCUT2D eigenvalue weighted by Crippen LogP contribution is 2.26. The minimum absolute atomic E-state index is 0.514. The van der Waals surface area contributed by atoms with Crippen molar-refractivity contribution >= 4 is 28.1 Å². The second-order valence-corrected chi connectivity index (χ2v) is 4.15. The molecule has 0 amide bonds. The first-order valence-electron chi connectivity index (χ1n) is 5.66. The largest absolute Gasteiger partial charge is 0.382 e. The lowest BCUT2D eigenvalue weighted by Gasteiger charge is -2.08. The van der Waals surface area contributed by atoms with Crippen molar-refractivity contribution in [2.45, 2.75) is 6.92 Å². The van der Waals surface area contributed by atoms with E-state index >= 15 is 0 Å². The van der Waals surface area contributed by atoms with Gasteiger partial charge in [0.25, 0.3) is 0 Å². The third-order valence-electron chi connectivity index (χ3n) is 2.80. The number of hydrogen-bond acceptors (Lipinski definition) is 4. The van der Waals surface area contributed by atoms with E-state index in [0.29, 0.717) is 5.82 Å². The molecule has 0 saturated heterocycles. The smallest absolute Gasteiger partial charge is 0.143 e. The predicted molar refractivity (Wildman–Crippen MR) is 72.8 cm³/mol. The fraction of sp³-hybridized carbons (Fsp3) is 0.0769. The van der Waals surface area contributed by atoms with E-state index in [1.807, 2.05) is 31.2 Å². The molecule has 2 aromatic heterocycles. The zero-order chi connectivity index (χ0) is 12.5. The molecule has 3 rings (SSSR count). The first-order valence-corrected chi connectivity index (χ1v) is 5.66. The lowest BCUT2D eigenvalue weighted by atomic mass is 10.1. The number of nitrogen functional groups attached to an aromatic ring is 1. The molecule has 2 heterocycles. The van der Waals surface area contributed by atoms with Crippen molar-refractivity contribution in [1.82, 2.24) is 15.2 Å². The van der Waals surface area contributed by atoms with Crippen molar-refractivity contribution in [3.63, 3.8) is 0 Å². The van der Waals surface area contributed by atoms with Crippen molar-refractivity contribution in [1.29, 1.82) is 0 Å². The van der Waals surface area contributed by atoms with Gasteiger partial charge in [-0.05, 0) is 19.1 Å². The third kappa shape index (κ3) is 1.75. The zero-order valence-corrected chi connectivity index (χ0v) is 9.94. The maximum atomic E-state index is 5.76. The van der Waals surface area contributed by atoms with Crippen LogP contribution in [-0.2, 0) is 0 Å². The Labute approximate surface area is 104 Å². The highest BCUT2D eigenvalue weighted by molar-refractivity contribution is 5.92. The molecule has 0 spiro atoms. The summed E-state index contributed by atoms with van der Waals surface area (Å²) in [6, 6.07) is 10.0. The van der Waals surface area contributed by atoms with Crippen LogP contribution in [0.1, 0.15) is 5.69 Å². The first-order chi connectivity index (χ1) is 8.74. The SMILES string of the molecule is Cc1ccc2cccc(Nc3cn[nH]c3N)c2n1. The maximum absolute atomic E-state index is 5.76. The number of pyridine rings is 1. The van der Waals surface area contributed by atoms with Crippen molar-refractivity contribution in [3.8, 4) is 0 Å². The second kappa shape index (κ2) is 4.03. The number of aryl methyl sites for hydroxylation is 1. The van der Waals surface area contributed by atoms with E-state index < -0.39 is 0 Å². The summed E-state index contributed by atoms with van der Waals surface area (Å²) in [4.78, 5) is 4.55. The average Bonchev–Trinajstić information content (AvgIpc) is 2.76. The number of nitrogens with two attached hydrogens (primary N) is 1. The van der Waals surface area contributed by atoms with Crippen LogP contribution in [0.2, 0.25) is 0 Å². The standard InChI is InChI=1S/C13H13N5/c1-8-5-6-9-3-2-4-10(12(9)16-8)17-11-7-15-18-13(11)14/h2-7,17H,1H3,(H3,14,15,18). The van der Waals surface area contributed by atoms with Gasteiger partial charge in [0.15, 0.2) is 0 Å². The van der Waals surface area contributed by atoms with Crippen molar-refractivity contribution in [2.75, 3.05) is 11.1 Å². The Morgan fingerprint density at radius 2 is 2.06 bits per heavy atom. The van der Waals surface area contributed by atoms with Gasteiger partial charge in [-0.15, -0.1) is 0 Å². The Hall–Kier alpha value is -2.56. The number of anilines is 3. The Morgan fingerprint density at radius 3 is 2.83 bits per heavy atom. The van der Waals surface area contributed by atoms with Gasteiger partial charge >= 0.3 is 0 Å². The van der Waals surface area contributed by atoms with Gasteiger partial charge in [-0.3, -0.25) is 10.1 Å². The Morgan fingerprint density at radius 1 is 1.17 bits per heavy atom. The average molecular weight is 239 g/mol. The normalized spacial score (nSPS) is 10.7. The Bertz CT molecular complexity index is 701. The van der Waals surface area contributed by atoms with Gasteiger partial charge in [-0.25, -0.2) is 0 Å². The van der Waals surface area contributed by atoms with Crippen LogP contribution in [0.25, 0.3) is 10.9 Å². The molecule has 1 aromatic carbocycles. The van der Waals surface area contributed by atoms with Crippen LogP contribution in [0.5, 0.6) is 0 Å². The van der Waals surface area contributed by atoms with Gasteiger partial charge in [0.05, 0.1) is 17.4 Å². The molecule has 0 aliphatic carbocycles. The molecule has 0 fully saturated rings. The summed E-state index contributed by atoms with van der Waals surface area (Å²) in [5.74, 6) is 0.514. The summed E-state index contributed by atoms with van der Waals surface area (Å²) in [5, 5.41) is 10.9. The minimum atomic E-state index is 0.514. The molecule has 0 radical (unpaired) electrons. The van der Waals surface area contributed by atoms with Crippen molar-refractivity contribution in [3.05, 3.63) is 42.2 Å². The van der Waals surface area contributed by atoms with E-state index in [0.717, 1.165) is 28.0 Å². The number of H-pyrrole nitrogens is 1. The minimum Gasteiger partial charge on any atom is -0.382 e. The number of benzene rings is 1. The topological polar surface area (TPSA) is 79.6 Å². The van der Waals surface area contributed by atoms with Gasteiger partial charge in [-0.2, -0.15) is 5.10 Å². The van der Waals surface area contributed by atoms with Crippen molar-refractivity contribution < 1.29 is 0 Å². The number of nitrogens with one attached hydrogen (secondary N) is 2. The molecular weight excluding hydrogens is 226 g/mol. The van der Waals surface area contributed by atoms with Crippen LogP contribution in [0.4, 0.5) is 17.2 Å². The molecule has 18 heavy (non-hydrogen) atoms. The lowest BCUT2D eigenvalue weighted by molar-refractivity contribution is 1.10. The predicted octanol–water partition coefficient (Wildman–Crippen LogP) is 2.59. The molecule has 90 valence electrons. The Kier molecular flexibility index (Phi) is 2.37. The number of fused-ring (bicyclic) bond motifs is 1. The van der Waals surface area contributed by atoms with Gasteiger partial charge in [0, 0.05) is 11.1 Å². The molecule has 5 heteroatoms. The van der Waals surface area contributed by atoms with E-state index in [9.17, 15) is 0 Å². The lowest BCUT2D eigenvalue weighted by Crippen LogP contribution is -1.96. The van der Waals surface area contributed by atoms with E-state index in [2.05, 4.69) is 26.6 Å². The number of nitrogens with zero attached hydrogens (tertiary/aromatic N) is 2. The molecule has 3 aromatic rings. The molecular formula is C13H13N5. The monoisotopic (exact) mass is 239 g/mol. The van der Waals surface area contributed by atoms with Gasteiger partial charge in [-0.1, -0.05) is 18.2 Å². The van der Waals surface area contributed by atoms with Crippen LogP contribution in [0, 0.1) is 6.92 Å². The molecule has 0 unspecified atom stereocenters. The molecule has 0 saturated carbocycles. The van der Waals surface area contributed by atoms with Crippen LogP contribution in [0.3, 0.4) is 0 Å². The van der Waals surface area contributed by atoms with Crippen LogP contribution < -0.4 is 11.1 Å². The fourth-order valence-corrected chi connectivity index (χ4v) is 1.89. The highest BCUT2D eigenvalue weighted by atomic mass is 15.2. The van der Waals surface area contributed by atoms with E-state index in [1.54, 1.807) is 6.20 Å². The number of aromatic nitrogens is 3. The summed E-state index contributed by atoms with van der Waals surface area (Å²) in [6.07, 6.45) is 1.66. The third-order valence-corrected chi connectivity index (χ3v) is 2.80. The van der Waals surface area contributed by atoms with E-state index in [1.165, 1.54) is 0 Å². The second-order valence-electron chi connectivity index (χ2n) is 4.15. The van der Waals surface area contributed by atoms with Gasteiger partial charge in [0.2, 0.25) is 0 Å².